The summed E-state index contributed by atoms with van der Waals surface area (Å²) in [6.45, 7) is 6.51. The van der Waals surface area contributed by atoms with E-state index >= 15 is 0 Å². The molecule has 1 aromatic heterocycles. The summed E-state index contributed by atoms with van der Waals surface area (Å²) in [7, 11) is 0. The van der Waals surface area contributed by atoms with Gasteiger partial charge < -0.3 is 24.8 Å². The molecular formula is C27H31ClN4O4. The Morgan fingerprint density at radius 2 is 1.83 bits per heavy atom. The Kier molecular flexibility index (Phi) is 9.00. The Hall–Kier alpha value is -3.33. The third kappa shape index (κ3) is 6.87. The predicted octanol–water partition coefficient (Wildman–Crippen LogP) is 3.84. The second kappa shape index (κ2) is 12.6. The Bertz CT molecular complexity index is 1140. The number of nitrogens with one attached hydrogen (secondary N) is 1. The van der Waals surface area contributed by atoms with Crippen molar-refractivity contribution in [2.45, 2.75) is 13.0 Å². The highest BCUT2D eigenvalue weighted by molar-refractivity contribution is 6.30. The van der Waals surface area contributed by atoms with Crippen LogP contribution in [-0.4, -0.2) is 72.9 Å². The van der Waals surface area contributed by atoms with Crippen LogP contribution in [-0.2, 0) is 0 Å². The molecule has 1 aliphatic rings. The second-order valence-electron chi connectivity index (χ2n) is 8.46. The first-order chi connectivity index (χ1) is 17.5. The molecule has 0 spiro atoms. The van der Waals surface area contributed by atoms with E-state index in [4.69, 9.17) is 21.1 Å². The number of nitrogens with zero attached hydrogens (tertiary/aromatic N) is 3. The van der Waals surface area contributed by atoms with E-state index < -0.39 is 6.10 Å². The summed E-state index contributed by atoms with van der Waals surface area (Å²) < 4.78 is 11.5. The molecule has 1 amide bonds. The van der Waals surface area contributed by atoms with Crippen LogP contribution in [0.25, 0.3) is 0 Å². The summed E-state index contributed by atoms with van der Waals surface area (Å²) in [5.74, 6) is 1.25. The second-order valence-corrected chi connectivity index (χ2v) is 8.90. The zero-order valence-corrected chi connectivity index (χ0v) is 21.0. The third-order valence-electron chi connectivity index (χ3n) is 5.89. The molecule has 36 heavy (non-hydrogen) atoms. The maximum absolute atomic E-state index is 12.8. The number of aliphatic hydroxyl groups is 1. The van der Waals surface area contributed by atoms with Gasteiger partial charge in [0.2, 0.25) is 5.88 Å². The lowest BCUT2D eigenvalue weighted by molar-refractivity contribution is 0.0849. The van der Waals surface area contributed by atoms with Crippen LogP contribution in [0.5, 0.6) is 17.4 Å². The fourth-order valence-electron chi connectivity index (χ4n) is 4.09. The topological polar surface area (TPSA) is 87.2 Å². The predicted molar refractivity (Wildman–Crippen MR) is 140 cm³/mol. The number of benzene rings is 2. The van der Waals surface area contributed by atoms with Gasteiger partial charge in [-0.1, -0.05) is 23.7 Å². The van der Waals surface area contributed by atoms with Crippen molar-refractivity contribution in [2.24, 2.45) is 0 Å². The van der Waals surface area contributed by atoms with Crippen molar-refractivity contribution in [3.05, 3.63) is 77.4 Å². The largest absolute Gasteiger partial charge is 0.492 e. The van der Waals surface area contributed by atoms with Crippen LogP contribution in [0.1, 0.15) is 17.3 Å². The smallest absolute Gasteiger partial charge is 0.256 e. The number of hydrogen-bond donors (Lipinski definition) is 2. The van der Waals surface area contributed by atoms with Crippen molar-refractivity contribution < 1.29 is 19.4 Å². The lowest BCUT2D eigenvalue weighted by atomic mass is 10.2. The zero-order valence-electron chi connectivity index (χ0n) is 20.3. The molecule has 1 atom stereocenters. The van der Waals surface area contributed by atoms with Crippen LogP contribution in [0, 0.1) is 0 Å². The molecule has 0 radical (unpaired) electrons. The maximum atomic E-state index is 12.8. The van der Waals surface area contributed by atoms with E-state index in [2.05, 4.69) is 26.2 Å². The molecule has 3 aromatic rings. The van der Waals surface area contributed by atoms with Crippen LogP contribution >= 0.6 is 11.6 Å². The molecule has 1 unspecified atom stereocenters. The SMILES string of the molecule is CCOc1ccccc1N1CCN(CC(O)CNC(=O)c2cccnc2Oc2ccc(Cl)cc2)CC1. The molecule has 2 aromatic carbocycles. The molecule has 8 nitrogen and oxygen atoms in total. The summed E-state index contributed by atoms with van der Waals surface area (Å²) in [4.78, 5) is 21.5. The minimum Gasteiger partial charge on any atom is -0.492 e. The Morgan fingerprint density at radius 1 is 1.08 bits per heavy atom. The Morgan fingerprint density at radius 3 is 2.58 bits per heavy atom. The molecule has 4 rings (SSSR count). The lowest BCUT2D eigenvalue weighted by Crippen LogP contribution is -2.50. The number of carbonyl (C=O) groups is 1. The quantitative estimate of drug-likeness (QED) is 0.428. The number of carbonyl (C=O) groups excluding carboxylic acids is 1. The number of pyridine rings is 1. The number of para-hydroxylation sites is 2. The summed E-state index contributed by atoms with van der Waals surface area (Å²) in [6, 6.07) is 18.2. The molecule has 1 fully saturated rings. The molecule has 0 bridgehead atoms. The van der Waals surface area contributed by atoms with Gasteiger partial charge in [-0.25, -0.2) is 4.98 Å². The maximum Gasteiger partial charge on any atom is 0.256 e. The number of hydrogen-bond acceptors (Lipinski definition) is 7. The molecule has 0 aliphatic carbocycles. The summed E-state index contributed by atoms with van der Waals surface area (Å²) in [5, 5.41) is 14.0. The minimum absolute atomic E-state index is 0.126. The Balaban J connectivity index is 1.26. The highest BCUT2D eigenvalue weighted by Gasteiger charge is 2.22. The summed E-state index contributed by atoms with van der Waals surface area (Å²) in [6.07, 6.45) is 0.858. The van der Waals surface area contributed by atoms with Crippen molar-refractivity contribution in [1.82, 2.24) is 15.2 Å². The first-order valence-corrected chi connectivity index (χ1v) is 12.4. The highest BCUT2D eigenvalue weighted by atomic mass is 35.5. The van der Waals surface area contributed by atoms with Gasteiger partial charge in [0, 0.05) is 50.5 Å². The van der Waals surface area contributed by atoms with Crippen molar-refractivity contribution in [2.75, 3.05) is 50.8 Å². The number of aliphatic hydroxyl groups excluding tert-OH is 1. The fraction of sp³-hybridized carbons (Fsp3) is 0.333. The number of halogens is 1. The van der Waals surface area contributed by atoms with E-state index in [1.165, 1.54) is 0 Å². The zero-order chi connectivity index (χ0) is 25.3. The Labute approximate surface area is 216 Å². The third-order valence-corrected chi connectivity index (χ3v) is 6.14. The van der Waals surface area contributed by atoms with Gasteiger partial charge >= 0.3 is 0 Å². The van der Waals surface area contributed by atoms with Crippen molar-refractivity contribution in [1.29, 1.82) is 0 Å². The van der Waals surface area contributed by atoms with Crippen LogP contribution in [0.2, 0.25) is 5.02 Å². The van der Waals surface area contributed by atoms with E-state index in [-0.39, 0.29) is 18.3 Å². The lowest BCUT2D eigenvalue weighted by Gasteiger charge is -2.37. The molecule has 0 saturated carbocycles. The average Bonchev–Trinajstić information content (AvgIpc) is 2.90. The van der Waals surface area contributed by atoms with Gasteiger partial charge in [-0.05, 0) is 55.5 Å². The van der Waals surface area contributed by atoms with Crippen molar-refractivity contribution in [3.8, 4) is 17.4 Å². The van der Waals surface area contributed by atoms with E-state index in [0.717, 1.165) is 37.6 Å². The van der Waals surface area contributed by atoms with Gasteiger partial charge in [-0.3, -0.25) is 9.69 Å². The van der Waals surface area contributed by atoms with Gasteiger partial charge in [0.15, 0.2) is 0 Å². The molecule has 1 saturated heterocycles. The monoisotopic (exact) mass is 510 g/mol. The van der Waals surface area contributed by atoms with Gasteiger partial charge in [-0.2, -0.15) is 0 Å². The molecule has 2 heterocycles. The van der Waals surface area contributed by atoms with Crippen LogP contribution in [0.4, 0.5) is 5.69 Å². The summed E-state index contributed by atoms with van der Waals surface area (Å²) >= 11 is 5.92. The number of piperazine rings is 1. The van der Waals surface area contributed by atoms with Gasteiger partial charge in [-0.15, -0.1) is 0 Å². The fourth-order valence-corrected chi connectivity index (χ4v) is 4.22. The normalized spacial score (nSPS) is 14.8. The van der Waals surface area contributed by atoms with E-state index in [1.807, 2.05) is 25.1 Å². The molecule has 2 N–H and O–H groups in total. The number of amides is 1. The molecular weight excluding hydrogens is 480 g/mol. The molecule has 9 heteroatoms. The first-order valence-electron chi connectivity index (χ1n) is 12.1. The van der Waals surface area contributed by atoms with E-state index in [1.54, 1.807) is 42.6 Å². The number of rotatable bonds is 10. The molecule has 190 valence electrons. The van der Waals surface area contributed by atoms with E-state index in [9.17, 15) is 9.90 Å². The van der Waals surface area contributed by atoms with Gasteiger partial charge in [0.1, 0.15) is 17.1 Å². The van der Waals surface area contributed by atoms with Gasteiger partial charge in [0.05, 0.1) is 18.4 Å². The number of aromatic nitrogens is 1. The number of ether oxygens (including phenoxy) is 2. The first kappa shape index (κ1) is 25.8. The van der Waals surface area contributed by atoms with Crippen LogP contribution in [0.15, 0.2) is 66.9 Å². The van der Waals surface area contributed by atoms with Crippen LogP contribution in [0.3, 0.4) is 0 Å². The number of anilines is 1. The molecule has 1 aliphatic heterocycles. The van der Waals surface area contributed by atoms with Crippen molar-refractivity contribution in [3.63, 3.8) is 0 Å². The standard InChI is InChI=1S/C27H31ClN4O4/c1-2-35-25-8-4-3-7-24(25)32-16-14-31(15-17-32)19-21(33)18-30-26(34)23-6-5-13-29-27(23)36-22-11-9-20(28)10-12-22/h3-13,21,33H,2,14-19H2,1H3,(H,30,34). The van der Waals surface area contributed by atoms with Crippen LogP contribution < -0.4 is 19.7 Å². The summed E-state index contributed by atoms with van der Waals surface area (Å²) in [5.41, 5.74) is 1.39. The van der Waals surface area contributed by atoms with Crippen molar-refractivity contribution >= 4 is 23.2 Å². The number of β-amino-alcohol motifs (C(OH)–C–C–N with tert-alkyl or cyclic N) is 1. The minimum atomic E-state index is -0.700. The average molecular weight is 511 g/mol. The van der Waals surface area contributed by atoms with Gasteiger partial charge in [0.25, 0.3) is 5.91 Å². The highest BCUT2D eigenvalue weighted by Crippen LogP contribution is 2.29. The van der Waals surface area contributed by atoms with E-state index in [0.29, 0.717) is 29.5 Å².